The monoisotopic (exact) mass is 181 g/mol. The van der Waals surface area contributed by atoms with Crippen molar-refractivity contribution in [2.75, 3.05) is 14.1 Å². The smallest absolute Gasteiger partial charge is 0.244 e. The normalized spacial score (nSPS) is 12.6. The molecule has 1 unspecified atom stereocenters. The number of imidazole rings is 1. The van der Waals surface area contributed by atoms with Gasteiger partial charge in [0.2, 0.25) is 5.91 Å². The second kappa shape index (κ2) is 3.60. The van der Waals surface area contributed by atoms with Crippen LogP contribution in [-0.2, 0) is 4.79 Å². The number of rotatable bonds is 2. The van der Waals surface area contributed by atoms with Crippen molar-refractivity contribution in [1.29, 1.82) is 0 Å². The van der Waals surface area contributed by atoms with Gasteiger partial charge in [0.1, 0.15) is 11.9 Å². The highest BCUT2D eigenvalue weighted by molar-refractivity contribution is 5.79. The van der Waals surface area contributed by atoms with Crippen LogP contribution in [0.1, 0.15) is 18.8 Å². The van der Waals surface area contributed by atoms with Gasteiger partial charge in [-0.1, -0.05) is 0 Å². The zero-order valence-corrected chi connectivity index (χ0v) is 8.48. The maximum absolute atomic E-state index is 11.6. The Morgan fingerprint density at radius 3 is 2.62 bits per heavy atom. The molecule has 0 aliphatic rings. The van der Waals surface area contributed by atoms with Gasteiger partial charge in [-0.3, -0.25) is 4.79 Å². The van der Waals surface area contributed by atoms with E-state index in [1.165, 1.54) is 0 Å². The molecule has 13 heavy (non-hydrogen) atoms. The van der Waals surface area contributed by atoms with E-state index in [4.69, 9.17) is 0 Å². The van der Waals surface area contributed by atoms with Crippen LogP contribution in [0.15, 0.2) is 12.4 Å². The fourth-order valence-corrected chi connectivity index (χ4v) is 1.29. The molecule has 0 aliphatic carbocycles. The van der Waals surface area contributed by atoms with Crippen LogP contribution in [0.5, 0.6) is 0 Å². The van der Waals surface area contributed by atoms with Crippen molar-refractivity contribution in [3.8, 4) is 0 Å². The van der Waals surface area contributed by atoms with Crippen LogP contribution in [0.25, 0.3) is 0 Å². The minimum atomic E-state index is -0.169. The van der Waals surface area contributed by atoms with Gasteiger partial charge in [0.05, 0.1) is 0 Å². The van der Waals surface area contributed by atoms with Crippen molar-refractivity contribution in [3.05, 3.63) is 18.2 Å². The largest absolute Gasteiger partial charge is 0.347 e. The molecule has 0 radical (unpaired) electrons. The van der Waals surface area contributed by atoms with Gasteiger partial charge in [0.15, 0.2) is 0 Å². The first-order valence-electron chi connectivity index (χ1n) is 4.24. The number of amides is 1. The minimum Gasteiger partial charge on any atom is -0.347 e. The third-order valence-electron chi connectivity index (χ3n) is 2.08. The number of aryl methyl sites for hydroxylation is 1. The molecule has 72 valence electrons. The maximum atomic E-state index is 11.6. The number of carbonyl (C=O) groups is 1. The Bertz CT molecular complexity index is 304. The van der Waals surface area contributed by atoms with Crippen LogP contribution in [0.3, 0.4) is 0 Å². The van der Waals surface area contributed by atoms with Gasteiger partial charge in [0.25, 0.3) is 0 Å². The lowest BCUT2D eigenvalue weighted by atomic mass is 10.3. The third-order valence-corrected chi connectivity index (χ3v) is 2.08. The van der Waals surface area contributed by atoms with Gasteiger partial charge in [-0.05, 0) is 13.8 Å². The maximum Gasteiger partial charge on any atom is 0.244 e. The molecule has 1 amide bonds. The Morgan fingerprint density at radius 1 is 1.62 bits per heavy atom. The van der Waals surface area contributed by atoms with Crippen molar-refractivity contribution in [3.63, 3.8) is 0 Å². The van der Waals surface area contributed by atoms with E-state index in [0.29, 0.717) is 0 Å². The molecular weight excluding hydrogens is 166 g/mol. The Kier molecular flexibility index (Phi) is 2.70. The second-order valence-corrected chi connectivity index (χ2v) is 3.29. The van der Waals surface area contributed by atoms with Gasteiger partial charge in [0, 0.05) is 26.5 Å². The standard InChI is InChI=1S/C9H15N3O/c1-7(9(13)11(3)4)12-6-5-10-8(12)2/h5-7H,1-4H3. The van der Waals surface area contributed by atoms with Crippen LogP contribution in [-0.4, -0.2) is 34.5 Å². The van der Waals surface area contributed by atoms with E-state index in [1.807, 2.05) is 24.6 Å². The third kappa shape index (κ3) is 1.88. The summed E-state index contributed by atoms with van der Waals surface area (Å²) in [7, 11) is 3.51. The first-order valence-corrected chi connectivity index (χ1v) is 4.24. The van der Waals surface area contributed by atoms with E-state index in [2.05, 4.69) is 4.98 Å². The van der Waals surface area contributed by atoms with Crippen molar-refractivity contribution in [2.24, 2.45) is 0 Å². The van der Waals surface area contributed by atoms with E-state index < -0.39 is 0 Å². The van der Waals surface area contributed by atoms with E-state index in [9.17, 15) is 4.79 Å². The van der Waals surface area contributed by atoms with Gasteiger partial charge < -0.3 is 9.47 Å². The highest BCUT2D eigenvalue weighted by Gasteiger charge is 2.17. The molecule has 0 aliphatic heterocycles. The molecule has 0 bridgehead atoms. The van der Waals surface area contributed by atoms with Crippen molar-refractivity contribution in [1.82, 2.24) is 14.5 Å². The van der Waals surface area contributed by atoms with Crippen LogP contribution >= 0.6 is 0 Å². The summed E-state index contributed by atoms with van der Waals surface area (Å²) in [4.78, 5) is 17.2. The van der Waals surface area contributed by atoms with Crippen molar-refractivity contribution >= 4 is 5.91 Å². The average Bonchev–Trinajstić information content (AvgIpc) is 2.48. The lowest BCUT2D eigenvalue weighted by Crippen LogP contribution is -2.30. The molecule has 1 aromatic rings. The van der Waals surface area contributed by atoms with Crippen LogP contribution in [0, 0.1) is 6.92 Å². The van der Waals surface area contributed by atoms with E-state index >= 15 is 0 Å². The first kappa shape index (κ1) is 9.77. The van der Waals surface area contributed by atoms with E-state index in [-0.39, 0.29) is 11.9 Å². The summed E-state index contributed by atoms with van der Waals surface area (Å²) >= 11 is 0. The molecule has 0 aromatic carbocycles. The Morgan fingerprint density at radius 2 is 2.23 bits per heavy atom. The molecule has 1 aromatic heterocycles. The molecule has 4 heteroatoms. The summed E-state index contributed by atoms with van der Waals surface area (Å²) < 4.78 is 1.86. The Hall–Kier alpha value is -1.32. The number of carbonyl (C=O) groups excluding carboxylic acids is 1. The minimum absolute atomic E-state index is 0.0844. The topological polar surface area (TPSA) is 38.1 Å². The summed E-state index contributed by atoms with van der Waals surface area (Å²) in [5.41, 5.74) is 0. The molecule has 0 fully saturated rings. The lowest BCUT2D eigenvalue weighted by Gasteiger charge is -2.18. The zero-order valence-electron chi connectivity index (χ0n) is 8.48. The van der Waals surface area contributed by atoms with Gasteiger partial charge in [-0.15, -0.1) is 0 Å². The predicted octanol–water partition coefficient (Wildman–Crippen LogP) is 0.841. The average molecular weight is 181 g/mol. The van der Waals surface area contributed by atoms with Gasteiger partial charge in [-0.25, -0.2) is 4.98 Å². The molecule has 1 atom stereocenters. The number of aromatic nitrogens is 2. The zero-order chi connectivity index (χ0) is 10.0. The summed E-state index contributed by atoms with van der Waals surface area (Å²) in [6.45, 7) is 3.76. The summed E-state index contributed by atoms with van der Waals surface area (Å²) in [5.74, 6) is 0.948. The molecule has 0 N–H and O–H groups in total. The molecule has 0 saturated heterocycles. The molecular formula is C9H15N3O. The van der Waals surface area contributed by atoms with Gasteiger partial charge in [-0.2, -0.15) is 0 Å². The Labute approximate surface area is 78.2 Å². The van der Waals surface area contributed by atoms with Crippen molar-refractivity contribution in [2.45, 2.75) is 19.9 Å². The molecule has 4 nitrogen and oxygen atoms in total. The Balaban J connectivity index is 2.85. The highest BCUT2D eigenvalue weighted by atomic mass is 16.2. The second-order valence-electron chi connectivity index (χ2n) is 3.29. The van der Waals surface area contributed by atoms with Crippen molar-refractivity contribution < 1.29 is 4.79 Å². The fourth-order valence-electron chi connectivity index (χ4n) is 1.29. The number of hydrogen-bond acceptors (Lipinski definition) is 2. The molecule has 1 rings (SSSR count). The summed E-state index contributed by atoms with van der Waals surface area (Å²) in [5, 5.41) is 0. The number of nitrogens with zero attached hydrogens (tertiary/aromatic N) is 3. The first-order chi connectivity index (χ1) is 6.04. The molecule has 0 spiro atoms. The van der Waals surface area contributed by atoms with E-state index in [0.717, 1.165) is 5.82 Å². The van der Waals surface area contributed by atoms with Gasteiger partial charge >= 0.3 is 0 Å². The number of likely N-dealkylation sites (N-methyl/N-ethyl adjacent to an activating group) is 1. The lowest BCUT2D eigenvalue weighted by molar-refractivity contribution is -0.131. The van der Waals surface area contributed by atoms with E-state index in [1.54, 1.807) is 25.2 Å². The van der Waals surface area contributed by atoms with Crippen LogP contribution < -0.4 is 0 Å². The quantitative estimate of drug-likeness (QED) is 0.678. The summed E-state index contributed by atoms with van der Waals surface area (Å²) in [6.07, 6.45) is 3.52. The van der Waals surface area contributed by atoms with Crippen LogP contribution in [0.4, 0.5) is 0 Å². The summed E-state index contributed by atoms with van der Waals surface area (Å²) in [6, 6.07) is -0.169. The molecule has 1 heterocycles. The predicted molar refractivity (Wildman–Crippen MR) is 50.4 cm³/mol. The highest BCUT2D eigenvalue weighted by Crippen LogP contribution is 2.10. The number of hydrogen-bond donors (Lipinski definition) is 0. The molecule has 0 saturated carbocycles. The fraction of sp³-hybridized carbons (Fsp3) is 0.556. The van der Waals surface area contributed by atoms with Crippen LogP contribution in [0.2, 0.25) is 0 Å². The SMILES string of the molecule is Cc1nccn1C(C)C(=O)N(C)C.